The van der Waals surface area contributed by atoms with Crippen LogP contribution < -0.4 is 4.90 Å². The summed E-state index contributed by atoms with van der Waals surface area (Å²) >= 11 is 14.3. The summed E-state index contributed by atoms with van der Waals surface area (Å²) in [6.07, 6.45) is -1.99. The van der Waals surface area contributed by atoms with E-state index in [9.17, 15) is 4.79 Å². The highest BCUT2D eigenvalue weighted by atomic mass is 33.5. The third kappa shape index (κ3) is 3.41. The average molecular weight is 291 g/mol. The molecule has 1 aromatic rings. The van der Waals surface area contributed by atoms with Crippen molar-refractivity contribution in [3.63, 3.8) is 0 Å². The molecule has 0 saturated carbocycles. The van der Waals surface area contributed by atoms with Crippen LogP contribution in [0.2, 0.25) is 0 Å². The standard InChI is InChI=1S/C10H13NOS4/c1-8(16(13,14)15)10(12)11(2)9-6-4-3-5-7-9/h3-8H,1-2H3,(H,13,14,15). The highest BCUT2D eigenvalue weighted by Gasteiger charge is 2.22. The molecule has 1 unspecified atom stereocenters. The number of anilines is 1. The minimum absolute atomic E-state index is 0.0822. The Morgan fingerprint density at radius 1 is 1.38 bits per heavy atom. The molecule has 0 aliphatic rings. The van der Waals surface area contributed by atoms with Crippen LogP contribution in [0.4, 0.5) is 5.69 Å². The van der Waals surface area contributed by atoms with E-state index in [2.05, 4.69) is 11.7 Å². The molecule has 0 fully saturated rings. The lowest BCUT2D eigenvalue weighted by Gasteiger charge is -2.22. The van der Waals surface area contributed by atoms with Crippen LogP contribution in [-0.4, -0.2) is 18.2 Å². The maximum absolute atomic E-state index is 12.1. The van der Waals surface area contributed by atoms with E-state index < -0.39 is 11.4 Å². The third-order valence-electron chi connectivity index (χ3n) is 2.27. The van der Waals surface area contributed by atoms with Crippen molar-refractivity contribution in [1.82, 2.24) is 0 Å². The molecule has 6 heteroatoms. The molecular formula is C10H13NOS4. The quantitative estimate of drug-likeness (QED) is 0.679. The molecule has 1 aromatic carbocycles. The van der Waals surface area contributed by atoms with Gasteiger partial charge in [-0.1, -0.05) is 18.2 Å². The third-order valence-corrected chi connectivity index (χ3v) is 6.04. The van der Waals surface area contributed by atoms with E-state index in [1.54, 1.807) is 18.9 Å². The van der Waals surface area contributed by atoms with Gasteiger partial charge >= 0.3 is 0 Å². The molecule has 0 bridgehead atoms. The van der Waals surface area contributed by atoms with E-state index in [0.717, 1.165) is 5.69 Å². The van der Waals surface area contributed by atoms with Gasteiger partial charge in [0.1, 0.15) is 0 Å². The van der Waals surface area contributed by atoms with Crippen LogP contribution in [0.3, 0.4) is 0 Å². The second kappa shape index (κ2) is 5.44. The minimum Gasteiger partial charge on any atom is -0.315 e. The van der Waals surface area contributed by atoms with Crippen molar-refractivity contribution in [2.45, 2.75) is 12.2 Å². The molecule has 0 heterocycles. The van der Waals surface area contributed by atoms with E-state index in [4.69, 9.17) is 22.4 Å². The summed E-state index contributed by atoms with van der Waals surface area (Å²) in [6.45, 7) is 1.74. The zero-order chi connectivity index (χ0) is 12.3. The summed E-state index contributed by atoms with van der Waals surface area (Å²) in [5, 5.41) is -0.411. The van der Waals surface area contributed by atoms with Crippen LogP contribution in [0.25, 0.3) is 0 Å². The van der Waals surface area contributed by atoms with Gasteiger partial charge in [0.05, 0.1) is 5.25 Å². The molecule has 0 aliphatic carbocycles. The lowest BCUT2D eigenvalue weighted by atomic mass is 10.3. The Balaban J connectivity index is 2.92. The van der Waals surface area contributed by atoms with Gasteiger partial charge in [-0.2, -0.15) is 0 Å². The van der Waals surface area contributed by atoms with Crippen molar-refractivity contribution < 1.29 is 4.79 Å². The summed E-state index contributed by atoms with van der Waals surface area (Å²) in [4.78, 5) is 13.6. The number of thiol groups is 1. The summed E-state index contributed by atoms with van der Waals surface area (Å²) in [5.41, 5.74) is 0.835. The number of amides is 1. The van der Waals surface area contributed by atoms with Gasteiger partial charge in [-0.25, -0.2) is 0 Å². The van der Waals surface area contributed by atoms with Gasteiger partial charge in [0.2, 0.25) is 5.91 Å². The van der Waals surface area contributed by atoms with E-state index in [1.165, 1.54) is 0 Å². The summed E-state index contributed by atoms with van der Waals surface area (Å²) in [7, 11) is 1.72. The average Bonchev–Trinajstić information content (AvgIpc) is 2.26. The normalized spacial score (nSPS) is 13.2. The van der Waals surface area contributed by atoms with Gasteiger partial charge in [0.15, 0.2) is 0 Å². The van der Waals surface area contributed by atoms with Gasteiger partial charge in [-0.15, -0.1) is 11.7 Å². The summed E-state index contributed by atoms with van der Waals surface area (Å²) < 4.78 is 0. The molecule has 0 spiro atoms. The van der Waals surface area contributed by atoms with Gasteiger partial charge < -0.3 is 4.90 Å². The Morgan fingerprint density at radius 3 is 2.31 bits per heavy atom. The molecule has 88 valence electrons. The van der Waals surface area contributed by atoms with Crippen molar-refractivity contribution in [3.05, 3.63) is 30.3 Å². The minimum atomic E-state index is -1.99. The Morgan fingerprint density at radius 2 is 1.88 bits per heavy atom. The van der Waals surface area contributed by atoms with Crippen LogP contribution in [0.15, 0.2) is 30.3 Å². The Kier molecular flexibility index (Phi) is 4.73. The van der Waals surface area contributed by atoms with Gasteiger partial charge in [-0.05, 0) is 47.6 Å². The predicted molar refractivity (Wildman–Crippen MR) is 80.4 cm³/mol. The summed E-state index contributed by atoms with van der Waals surface area (Å²) in [5.74, 6) is -0.0822. The molecule has 2 nitrogen and oxygen atoms in total. The molecule has 16 heavy (non-hydrogen) atoms. The van der Waals surface area contributed by atoms with Crippen molar-refractivity contribution in [3.8, 4) is 0 Å². The van der Waals surface area contributed by atoms with Crippen LogP contribution in [0.1, 0.15) is 6.92 Å². The number of rotatable bonds is 3. The van der Waals surface area contributed by atoms with Gasteiger partial charge in [0.25, 0.3) is 0 Å². The second-order valence-corrected chi connectivity index (χ2v) is 12.1. The fraction of sp³-hybridized carbons (Fsp3) is 0.300. The predicted octanol–water partition coefficient (Wildman–Crippen LogP) is 1.96. The number of carbonyl (C=O) groups excluding carboxylic acids is 1. The topological polar surface area (TPSA) is 20.3 Å². The molecule has 1 rings (SSSR count). The molecular weight excluding hydrogens is 278 g/mol. The highest BCUT2D eigenvalue weighted by molar-refractivity contribution is 8.93. The number of hydrogen-bond donors (Lipinski definition) is 1. The van der Waals surface area contributed by atoms with E-state index in [-0.39, 0.29) is 5.91 Å². The SMILES string of the molecule is CC(C(=O)N(C)c1ccccc1)S(=S)(=S)S. The summed E-state index contributed by atoms with van der Waals surface area (Å²) in [6, 6.07) is 9.40. The first-order chi connectivity index (χ1) is 7.34. The number of benzene rings is 1. The molecule has 0 saturated heterocycles. The number of para-hydroxylation sites is 1. The Bertz CT molecular complexity index is 469. The van der Waals surface area contributed by atoms with Gasteiger partial charge in [0, 0.05) is 12.7 Å². The first-order valence-electron chi connectivity index (χ1n) is 4.63. The molecule has 0 radical (unpaired) electrons. The van der Waals surface area contributed by atoms with Crippen molar-refractivity contribution in [2.24, 2.45) is 0 Å². The molecule has 1 atom stereocenters. The van der Waals surface area contributed by atoms with Crippen LogP contribution in [0.5, 0.6) is 0 Å². The number of hydrogen-bond acceptors (Lipinski definition) is 3. The van der Waals surface area contributed by atoms with E-state index in [1.807, 2.05) is 30.3 Å². The Labute approximate surface area is 111 Å². The van der Waals surface area contributed by atoms with Crippen LogP contribution in [-0.2, 0) is 33.3 Å². The monoisotopic (exact) mass is 291 g/mol. The number of carbonyl (C=O) groups is 1. The van der Waals surface area contributed by atoms with Crippen LogP contribution >= 0.6 is 11.7 Å². The first kappa shape index (κ1) is 13.9. The van der Waals surface area contributed by atoms with E-state index >= 15 is 0 Å². The maximum atomic E-state index is 12.1. The fourth-order valence-electron chi connectivity index (χ4n) is 1.18. The van der Waals surface area contributed by atoms with Crippen molar-refractivity contribution in [2.75, 3.05) is 11.9 Å². The van der Waals surface area contributed by atoms with Gasteiger partial charge in [-0.3, -0.25) is 4.79 Å². The second-order valence-electron chi connectivity index (χ2n) is 3.39. The molecule has 0 N–H and O–H groups in total. The molecule has 1 amide bonds. The smallest absolute Gasteiger partial charge is 0.241 e. The largest absolute Gasteiger partial charge is 0.315 e. The number of nitrogens with zero attached hydrogens (tertiary/aromatic N) is 1. The van der Waals surface area contributed by atoms with Crippen molar-refractivity contribution >= 4 is 51.8 Å². The van der Waals surface area contributed by atoms with E-state index in [0.29, 0.717) is 0 Å². The lowest BCUT2D eigenvalue weighted by Crippen LogP contribution is -2.37. The molecule has 0 aliphatic heterocycles. The zero-order valence-electron chi connectivity index (χ0n) is 8.99. The highest BCUT2D eigenvalue weighted by Crippen LogP contribution is 2.16. The van der Waals surface area contributed by atoms with Crippen molar-refractivity contribution in [1.29, 1.82) is 0 Å². The van der Waals surface area contributed by atoms with Crippen LogP contribution in [0, 0.1) is 0 Å². The molecule has 0 aromatic heterocycles. The Hall–Kier alpha value is -0.170. The fourth-order valence-corrected chi connectivity index (χ4v) is 2.36. The lowest BCUT2D eigenvalue weighted by molar-refractivity contribution is -0.117. The first-order valence-corrected chi connectivity index (χ1v) is 9.23. The zero-order valence-corrected chi connectivity index (χ0v) is 12.3. The maximum Gasteiger partial charge on any atom is 0.241 e.